The molecule has 0 saturated carbocycles. The van der Waals surface area contributed by atoms with Gasteiger partial charge in [0.2, 0.25) is 0 Å². The minimum Gasteiger partial charge on any atom is -0.484 e. The number of aliphatic hydroxyl groups excluding tert-OH is 1. The average molecular weight is 358 g/mol. The number of nitrogens with zero attached hydrogens (tertiary/aromatic N) is 1. The van der Waals surface area contributed by atoms with Crippen molar-refractivity contribution in [3.63, 3.8) is 0 Å². The van der Waals surface area contributed by atoms with Gasteiger partial charge in [-0.25, -0.2) is 0 Å². The SMILES string of the molecule is O=C(COc1cccc(Br)c1)N1CCC(OCCO)CC1. The second-order valence-electron chi connectivity index (χ2n) is 4.92. The van der Waals surface area contributed by atoms with Crippen LogP contribution in [-0.2, 0) is 9.53 Å². The van der Waals surface area contributed by atoms with E-state index in [4.69, 9.17) is 14.6 Å². The number of ether oxygens (including phenoxy) is 2. The molecule has 0 unspecified atom stereocenters. The van der Waals surface area contributed by atoms with Crippen LogP contribution in [0.3, 0.4) is 0 Å². The number of hydrogen-bond donors (Lipinski definition) is 1. The quantitative estimate of drug-likeness (QED) is 0.843. The van der Waals surface area contributed by atoms with Gasteiger partial charge in [0.25, 0.3) is 5.91 Å². The fourth-order valence-corrected chi connectivity index (χ4v) is 2.66. The Bertz CT molecular complexity index is 461. The molecule has 21 heavy (non-hydrogen) atoms. The summed E-state index contributed by atoms with van der Waals surface area (Å²) in [4.78, 5) is 13.9. The van der Waals surface area contributed by atoms with Crippen LogP contribution in [0.5, 0.6) is 5.75 Å². The van der Waals surface area contributed by atoms with E-state index in [2.05, 4.69) is 15.9 Å². The Morgan fingerprint density at radius 2 is 2.14 bits per heavy atom. The summed E-state index contributed by atoms with van der Waals surface area (Å²) in [5, 5.41) is 8.73. The van der Waals surface area contributed by atoms with Crippen LogP contribution in [0.1, 0.15) is 12.8 Å². The highest BCUT2D eigenvalue weighted by molar-refractivity contribution is 9.10. The van der Waals surface area contributed by atoms with Gasteiger partial charge in [0.05, 0.1) is 19.3 Å². The van der Waals surface area contributed by atoms with Crippen molar-refractivity contribution in [2.75, 3.05) is 32.9 Å². The molecule has 0 aromatic heterocycles. The normalized spacial score (nSPS) is 16.0. The van der Waals surface area contributed by atoms with Crippen molar-refractivity contribution >= 4 is 21.8 Å². The molecule has 1 amide bonds. The first kappa shape index (κ1) is 16.3. The summed E-state index contributed by atoms with van der Waals surface area (Å²) >= 11 is 3.37. The van der Waals surface area contributed by atoms with Gasteiger partial charge in [-0.15, -0.1) is 0 Å². The van der Waals surface area contributed by atoms with Gasteiger partial charge in [0.1, 0.15) is 5.75 Å². The van der Waals surface area contributed by atoms with E-state index in [1.165, 1.54) is 0 Å². The lowest BCUT2D eigenvalue weighted by atomic mass is 10.1. The molecular formula is C15H20BrNO4. The molecule has 6 heteroatoms. The molecule has 1 aliphatic rings. The number of piperidine rings is 1. The first-order chi connectivity index (χ1) is 10.2. The fourth-order valence-electron chi connectivity index (χ4n) is 2.28. The zero-order valence-electron chi connectivity index (χ0n) is 11.8. The Balaban J connectivity index is 1.72. The predicted molar refractivity (Wildman–Crippen MR) is 82.3 cm³/mol. The van der Waals surface area contributed by atoms with Crippen LogP contribution in [0.25, 0.3) is 0 Å². The second-order valence-corrected chi connectivity index (χ2v) is 5.84. The number of benzene rings is 1. The van der Waals surface area contributed by atoms with E-state index in [1.54, 1.807) is 4.90 Å². The number of carbonyl (C=O) groups is 1. The molecule has 0 bridgehead atoms. The van der Waals surface area contributed by atoms with Gasteiger partial charge < -0.3 is 19.5 Å². The lowest BCUT2D eigenvalue weighted by Crippen LogP contribution is -2.43. The molecule has 0 atom stereocenters. The van der Waals surface area contributed by atoms with Crippen molar-refractivity contribution in [3.8, 4) is 5.75 Å². The maximum absolute atomic E-state index is 12.1. The molecule has 116 valence electrons. The summed E-state index contributed by atoms with van der Waals surface area (Å²) in [7, 11) is 0. The van der Waals surface area contributed by atoms with Crippen LogP contribution < -0.4 is 4.74 Å². The number of carbonyl (C=O) groups excluding carboxylic acids is 1. The van der Waals surface area contributed by atoms with Crippen molar-refractivity contribution in [3.05, 3.63) is 28.7 Å². The topological polar surface area (TPSA) is 59.0 Å². The summed E-state index contributed by atoms with van der Waals surface area (Å²) < 4.78 is 11.9. The van der Waals surface area contributed by atoms with Crippen LogP contribution in [0, 0.1) is 0 Å². The van der Waals surface area contributed by atoms with Crippen molar-refractivity contribution in [1.82, 2.24) is 4.90 Å². The van der Waals surface area contributed by atoms with E-state index < -0.39 is 0 Å². The number of amides is 1. The Morgan fingerprint density at radius 1 is 1.38 bits per heavy atom. The third-order valence-electron chi connectivity index (χ3n) is 3.40. The van der Waals surface area contributed by atoms with Gasteiger partial charge in [0.15, 0.2) is 6.61 Å². The zero-order valence-corrected chi connectivity index (χ0v) is 13.4. The molecule has 1 aromatic rings. The Labute approximate surface area is 133 Å². The first-order valence-electron chi connectivity index (χ1n) is 7.07. The lowest BCUT2D eigenvalue weighted by molar-refractivity contribution is -0.136. The molecular weight excluding hydrogens is 338 g/mol. The third-order valence-corrected chi connectivity index (χ3v) is 3.89. The number of likely N-dealkylation sites (tertiary alicyclic amines) is 1. The maximum Gasteiger partial charge on any atom is 0.260 e. The molecule has 2 rings (SSSR count). The summed E-state index contributed by atoms with van der Waals surface area (Å²) in [5.74, 6) is 0.675. The molecule has 1 saturated heterocycles. The van der Waals surface area contributed by atoms with E-state index in [1.807, 2.05) is 24.3 Å². The molecule has 0 spiro atoms. The Morgan fingerprint density at radius 3 is 2.81 bits per heavy atom. The highest BCUT2D eigenvalue weighted by Gasteiger charge is 2.23. The third kappa shape index (κ3) is 5.30. The number of hydrogen-bond acceptors (Lipinski definition) is 4. The highest BCUT2D eigenvalue weighted by Crippen LogP contribution is 2.18. The van der Waals surface area contributed by atoms with Crippen LogP contribution in [0.4, 0.5) is 0 Å². The minimum atomic E-state index is -0.00409. The number of rotatable bonds is 6. The Hall–Kier alpha value is -1.11. The first-order valence-corrected chi connectivity index (χ1v) is 7.87. The van der Waals surface area contributed by atoms with Crippen molar-refractivity contribution in [2.24, 2.45) is 0 Å². The molecule has 1 aromatic carbocycles. The average Bonchev–Trinajstić information content (AvgIpc) is 2.51. The zero-order chi connectivity index (χ0) is 15.1. The summed E-state index contributed by atoms with van der Waals surface area (Å²) in [6.07, 6.45) is 1.76. The predicted octanol–water partition coefficient (Wildman–Crippen LogP) is 1.83. The van der Waals surface area contributed by atoms with Gasteiger partial charge >= 0.3 is 0 Å². The highest BCUT2D eigenvalue weighted by atomic mass is 79.9. The van der Waals surface area contributed by atoms with Gasteiger partial charge in [-0.2, -0.15) is 0 Å². The maximum atomic E-state index is 12.1. The van der Waals surface area contributed by atoms with E-state index in [-0.39, 0.29) is 25.2 Å². The van der Waals surface area contributed by atoms with Crippen molar-refractivity contribution < 1.29 is 19.4 Å². The summed E-state index contributed by atoms with van der Waals surface area (Å²) in [5.41, 5.74) is 0. The second kappa shape index (κ2) is 8.36. The molecule has 0 radical (unpaired) electrons. The van der Waals surface area contributed by atoms with Crippen molar-refractivity contribution in [1.29, 1.82) is 0 Å². The van der Waals surface area contributed by atoms with Gasteiger partial charge in [-0.3, -0.25) is 4.79 Å². The fraction of sp³-hybridized carbons (Fsp3) is 0.533. The van der Waals surface area contributed by atoms with E-state index in [0.29, 0.717) is 25.4 Å². The number of aliphatic hydroxyl groups is 1. The molecule has 0 aliphatic carbocycles. The van der Waals surface area contributed by atoms with Crippen LogP contribution in [0.2, 0.25) is 0 Å². The summed E-state index contributed by atoms with van der Waals surface area (Å²) in [6.45, 7) is 1.82. The van der Waals surface area contributed by atoms with Crippen molar-refractivity contribution in [2.45, 2.75) is 18.9 Å². The van der Waals surface area contributed by atoms with E-state index in [0.717, 1.165) is 17.3 Å². The molecule has 1 aliphatic heterocycles. The molecule has 1 heterocycles. The van der Waals surface area contributed by atoms with Crippen LogP contribution in [-0.4, -0.2) is 54.9 Å². The molecule has 1 N–H and O–H groups in total. The van der Waals surface area contributed by atoms with Gasteiger partial charge in [-0.05, 0) is 31.0 Å². The van der Waals surface area contributed by atoms with E-state index in [9.17, 15) is 4.79 Å². The largest absolute Gasteiger partial charge is 0.484 e. The van der Waals surface area contributed by atoms with Gasteiger partial charge in [-0.1, -0.05) is 22.0 Å². The van der Waals surface area contributed by atoms with E-state index >= 15 is 0 Å². The Kier molecular flexibility index (Phi) is 6.48. The summed E-state index contributed by atoms with van der Waals surface area (Å²) in [6, 6.07) is 7.44. The molecule has 5 nitrogen and oxygen atoms in total. The standard InChI is InChI=1S/C15H20BrNO4/c16-12-2-1-3-14(10-12)21-11-15(19)17-6-4-13(5-7-17)20-9-8-18/h1-3,10,13,18H,4-9,11H2. The minimum absolute atomic E-state index is 0.00409. The van der Waals surface area contributed by atoms with Crippen LogP contribution >= 0.6 is 15.9 Å². The smallest absolute Gasteiger partial charge is 0.260 e. The monoisotopic (exact) mass is 357 g/mol. The molecule has 1 fully saturated rings. The van der Waals surface area contributed by atoms with Crippen LogP contribution in [0.15, 0.2) is 28.7 Å². The lowest BCUT2D eigenvalue weighted by Gasteiger charge is -2.31. The number of halogens is 1. The van der Waals surface area contributed by atoms with Gasteiger partial charge in [0, 0.05) is 17.6 Å².